The summed E-state index contributed by atoms with van der Waals surface area (Å²) in [7, 11) is 0. The van der Waals surface area contributed by atoms with Crippen LogP contribution < -0.4 is 10.9 Å². The van der Waals surface area contributed by atoms with Gasteiger partial charge in [-0.2, -0.15) is 5.10 Å². The molecule has 1 saturated carbocycles. The van der Waals surface area contributed by atoms with Gasteiger partial charge in [0.05, 0.1) is 17.3 Å². The number of aryl methyl sites for hydroxylation is 1. The van der Waals surface area contributed by atoms with Crippen LogP contribution in [-0.2, 0) is 5.54 Å². The lowest BCUT2D eigenvalue weighted by molar-refractivity contribution is 0.544. The van der Waals surface area contributed by atoms with Crippen molar-refractivity contribution in [2.45, 2.75) is 25.3 Å². The van der Waals surface area contributed by atoms with Crippen LogP contribution in [0.2, 0.25) is 0 Å². The highest BCUT2D eigenvalue weighted by atomic mass is 35.5. The maximum atomic E-state index is 12.4. The zero-order chi connectivity index (χ0) is 14.9. The number of nitrogens with one attached hydrogen (secondary N) is 3. The third-order valence-corrected chi connectivity index (χ3v) is 6.10. The Morgan fingerprint density at radius 2 is 2.21 bits per heavy atom. The van der Waals surface area contributed by atoms with Crippen LogP contribution in [-0.4, -0.2) is 26.7 Å². The maximum Gasteiger partial charge on any atom is 0.268 e. The number of aromatic amines is 2. The molecule has 3 aromatic rings. The van der Waals surface area contributed by atoms with Gasteiger partial charge in [0.15, 0.2) is 0 Å². The van der Waals surface area contributed by atoms with Gasteiger partial charge >= 0.3 is 0 Å². The van der Waals surface area contributed by atoms with Crippen LogP contribution in [0.5, 0.6) is 0 Å². The molecule has 0 aromatic carbocycles. The lowest BCUT2D eigenvalue weighted by Crippen LogP contribution is -2.30. The average Bonchev–Trinajstić information content (AvgIpc) is 2.92. The summed E-state index contributed by atoms with van der Waals surface area (Å²) in [6.07, 6.45) is 4.05. The Balaban J connectivity index is 0.000000845. The van der Waals surface area contributed by atoms with E-state index in [1.807, 2.05) is 13.0 Å². The maximum absolute atomic E-state index is 12.4. The van der Waals surface area contributed by atoms with Crippen molar-refractivity contribution in [2.75, 3.05) is 6.54 Å². The highest BCUT2D eigenvalue weighted by molar-refractivity contribution is 7.22. The van der Waals surface area contributed by atoms with Crippen molar-refractivity contribution in [3.63, 3.8) is 0 Å². The first kappa shape index (κ1) is 17.4. The summed E-state index contributed by atoms with van der Waals surface area (Å²) >= 11 is 1.47. The number of hydrogen-bond acceptors (Lipinski definition) is 5. The van der Waals surface area contributed by atoms with Gasteiger partial charge in [0, 0.05) is 16.1 Å². The first-order chi connectivity index (χ1) is 10.7. The second-order valence-electron chi connectivity index (χ2n) is 6.24. The van der Waals surface area contributed by atoms with Crippen LogP contribution in [0.4, 0.5) is 0 Å². The second kappa shape index (κ2) is 5.84. The molecule has 9 heteroatoms. The monoisotopic (exact) mass is 385 g/mol. The molecule has 2 atom stereocenters. The van der Waals surface area contributed by atoms with Crippen LogP contribution in [0.25, 0.3) is 20.7 Å². The van der Waals surface area contributed by atoms with E-state index in [2.05, 4.69) is 20.5 Å². The van der Waals surface area contributed by atoms with Gasteiger partial charge in [-0.3, -0.25) is 9.89 Å². The van der Waals surface area contributed by atoms with Crippen LogP contribution >= 0.6 is 36.2 Å². The zero-order valence-corrected chi connectivity index (χ0v) is 15.3. The number of rotatable bonds is 2. The summed E-state index contributed by atoms with van der Waals surface area (Å²) < 4.78 is 0.686. The van der Waals surface area contributed by atoms with Gasteiger partial charge in [0.2, 0.25) is 0 Å². The van der Waals surface area contributed by atoms with E-state index in [9.17, 15) is 4.79 Å². The average molecular weight is 386 g/mol. The number of hydrogen-bond donors (Lipinski definition) is 3. The molecule has 5 rings (SSSR count). The van der Waals surface area contributed by atoms with Crippen LogP contribution in [0.15, 0.2) is 17.1 Å². The topological polar surface area (TPSA) is 86.5 Å². The van der Waals surface area contributed by atoms with Crippen molar-refractivity contribution in [1.82, 2.24) is 25.5 Å². The van der Waals surface area contributed by atoms with E-state index in [1.54, 1.807) is 6.20 Å². The van der Waals surface area contributed by atoms with E-state index in [1.165, 1.54) is 17.8 Å². The number of fused-ring (bicyclic) bond motifs is 2. The van der Waals surface area contributed by atoms with E-state index in [0.717, 1.165) is 40.4 Å². The molecule has 0 spiro atoms. The minimum Gasteiger partial charge on any atom is -0.308 e. The predicted molar refractivity (Wildman–Crippen MR) is 99.5 cm³/mol. The van der Waals surface area contributed by atoms with Gasteiger partial charge in [0.1, 0.15) is 10.5 Å². The van der Waals surface area contributed by atoms with Crippen LogP contribution in [0.1, 0.15) is 24.4 Å². The number of piperidine rings is 1. The molecule has 4 heterocycles. The highest BCUT2D eigenvalue weighted by Gasteiger charge is 2.60. The SMILES string of the molecule is Cc1[nH]ncc1-c1cc2nc([C@]34C[C@H]3CCN4)[nH]c(=O)c2s1.Cl.Cl. The number of nitrogens with zero attached hydrogens (tertiary/aromatic N) is 2. The molecule has 3 N–H and O–H groups in total. The number of H-pyrrole nitrogens is 2. The molecule has 128 valence electrons. The van der Waals surface area contributed by atoms with Crippen molar-refractivity contribution >= 4 is 46.4 Å². The number of aromatic nitrogens is 4. The molecule has 2 fully saturated rings. The van der Waals surface area contributed by atoms with Crippen LogP contribution in [0.3, 0.4) is 0 Å². The first-order valence-electron chi connectivity index (χ1n) is 7.47. The third-order valence-electron chi connectivity index (χ3n) is 4.94. The summed E-state index contributed by atoms with van der Waals surface area (Å²) in [5, 5.41) is 10.5. The molecule has 2 aliphatic rings. The molecule has 0 radical (unpaired) electrons. The molecule has 1 saturated heterocycles. The minimum atomic E-state index is -0.0684. The molecule has 0 amide bonds. The molecule has 1 aliphatic carbocycles. The number of thiophene rings is 1. The summed E-state index contributed by atoms with van der Waals surface area (Å²) in [5.41, 5.74) is 2.71. The minimum absolute atomic E-state index is 0. The molecule has 24 heavy (non-hydrogen) atoms. The Morgan fingerprint density at radius 3 is 2.83 bits per heavy atom. The highest BCUT2D eigenvalue weighted by Crippen LogP contribution is 2.55. The van der Waals surface area contributed by atoms with E-state index in [0.29, 0.717) is 10.6 Å². The van der Waals surface area contributed by atoms with E-state index >= 15 is 0 Å². The fraction of sp³-hybridized carbons (Fsp3) is 0.400. The van der Waals surface area contributed by atoms with Gasteiger partial charge in [-0.05, 0) is 38.3 Å². The Bertz CT molecular complexity index is 964. The summed E-state index contributed by atoms with van der Waals surface area (Å²) in [6, 6.07) is 2.00. The first-order valence-corrected chi connectivity index (χ1v) is 8.29. The lowest BCUT2D eigenvalue weighted by Gasteiger charge is -2.12. The fourth-order valence-electron chi connectivity index (χ4n) is 3.62. The van der Waals surface area contributed by atoms with Crippen molar-refractivity contribution in [2.24, 2.45) is 5.92 Å². The smallest absolute Gasteiger partial charge is 0.268 e. The van der Waals surface area contributed by atoms with E-state index in [-0.39, 0.29) is 35.9 Å². The largest absolute Gasteiger partial charge is 0.308 e. The third kappa shape index (κ3) is 2.30. The lowest BCUT2D eigenvalue weighted by atomic mass is 10.2. The summed E-state index contributed by atoms with van der Waals surface area (Å²) in [5.74, 6) is 1.43. The van der Waals surface area contributed by atoms with Crippen molar-refractivity contribution < 1.29 is 0 Å². The second-order valence-corrected chi connectivity index (χ2v) is 7.29. The van der Waals surface area contributed by atoms with Gasteiger partial charge < -0.3 is 10.3 Å². The molecular weight excluding hydrogens is 369 g/mol. The van der Waals surface area contributed by atoms with Gasteiger partial charge in [0.25, 0.3) is 5.56 Å². The predicted octanol–water partition coefficient (Wildman–Crippen LogP) is 2.74. The molecule has 1 aliphatic heterocycles. The van der Waals surface area contributed by atoms with Crippen molar-refractivity contribution in [3.8, 4) is 10.4 Å². The Labute approximate surface area is 154 Å². The van der Waals surface area contributed by atoms with E-state index in [4.69, 9.17) is 4.98 Å². The zero-order valence-electron chi connectivity index (χ0n) is 12.9. The van der Waals surface area contributed by atoms with Crippen LogP contribution in [0, 0.1) is 12.8 Å². The Hall–Kier alpha value is -1.41. The molecule has 0 unspecified atom stereocenters. The molecule has 0 bridgehead atoms. The van der Waals surface area contributed by atoms with Gasteiger partial charge in [-0.25, -0.2) is 4.98 Å². The van der Waals surface area contributed by atoms with Crippen molar-refractivity contribution in [3.05, 3.63) is 34.1 Å². The van der Waals surface area contributed by atoms with Crippen molar-refractivity contribution in [1.29, 1.82) is 0 Å². The molecular formula is C15H17Cl2N5OS. The Kier molecular flexibility index (Phi) is 4.24. The summed E-state index contributed by atoms with van der Waals surface area (Å²) in [6.45, 7) is 2.99. The standard InChI is InChI=1S/C15H15N5OS.2ClH/c1-7-9(6-17-20-7)11-4-10-12(22-11)13(21)19-14(18-10)15-5-8(15)2-3-16-15;;/h4,6,8,16H,2-3,5H2,1H3,(H,17,20)(H,18,19,21);2*1H/t8-,15+;;/m1../s1. The Morgan fingerprint density at radius 1 is 1.38 bits per heavy atom. The van der Waals surface area contributed by atoms with E-state index < -0.39 is 0 Å². The number of halogens is 2. The van der Waals surface area contributed by atoms with Gasteiger partial charge in [-0.15, -0.1) is 36.2 Å². The normalized spacial score (nSPS) is 24.3. The van der Waals surface area contributed by atoms with Gasteiger partial charge in [-0.1, -0.05) is 0 Å². The molecule has 3 aromatic heterocycles. The molecule has 6 nitrogen and oxygen atoms in total. The summed E-state index contributed by atoms with van der Waals surface area (Å²) in [4.78, 5) is 21.2. The quantitative estimate of drug-likeness (QED) is 0.632. The fourth-order valence-corrected chi connectivity index (χ4v) is 4.68.